The number of hydrogen-bond acceptors (Lipinski definition) is 5. The number of carbonyl (C=O) groups is 1. The van der Waals surface area contributed by atoms with Crippen molar-refractivity contribution in [2.24, 2.45) is 0 Å². The molecule has 0 saturated heterocycles. The quantitative estimate of drug-likeness (QED) is 0.606. The van der Waals surface area contributed by atoms with Crippen LogP contribution in [0, 0.1) is 0 Å². The van der Waals surface area contributed by atoms with E-state index in [4.69, 9.17) is 10.2 Å². The first-order chi connectivity index (χ1) is 9.60. The number of carboxylic acid groups (broad SMARTS) is 1. The second-order valence-electron chi connectivity index (χ2n) is 4.21. The molecule has 0 aliphatic heterocycles. The highest BCUT2D eigenvalue weighted by Gasteiger charge is 2.07. The fourth-order valence-electron chi connectivity index (χ4n) is 1.61. The minimum atomic E-state index is -1.07. The van der Waals surface area contributed by atoms with Crippen molar-refractivity contribution in [3.8, 4) is 5.69 Å². The molecular formula is C13H15N3O4. The van der Waals surface area contributed by atoms with E-state index in [1.54, 1.807) is 30.5 Å². The summed E-state index contributed by atoms with van der Waals surface area (Å²) in [5, 5.41) is 33.6. The molecule has 7 heteroatoms. The third kappa shape index (κ3) is 3.34. The van der Waals surface area contributed by atoms with Crippen molar-refractivity contribution in [1.29, 1.82) is 0 Å². The molecule has 0 fully saturated rings. The van der Waals surface area contributed by atoms with Gasteiger partial charge in [-0.05, 0) is 30.3 Å². The first-order valence-corrected chi connectivity index (χ1v) is 6.02. The number of aromatic nitrogens is 2. The summed E-state index contributed by atoms with van der Waals surface area (Å²) in [6.07, 6.45) is 0.764. The number of rotatable bonds is 6. The molecule has 0 aliphatic carbocycles. The lowest BCUT2D eigenvalue weighted by Crippen LogP contribution is -2.22. The molecule has 0 spiro atoms. The van der Waals surface area contributed by atoms with E-state index in [2.05, 4.69) is 10.4 Å². The van der Waals surface area contributed by atoms with Crippen LogP contribution in [-0.2, 0) is 0 Å². The van der Waals surface area contributed by atoms with Crippen molar-refractivity contribution in [3.05, 3.63) is 42.2 Å². The molecule has 1 atom stereocenters. The average molecular weight is 277 g/mol. The molecular weight excluding hydrogens is 262 g/mol. The molecule has 20 heavy (non-hydrogen) atoms. The Labute approximate surface area is 115 Å². The van der Waals surface area contributed by atoms with Crippen molar-refractivity contribution in [3.63, 3.8) is 0 Å². The Balaban J connectivity index is 2.05. The van der Waals surface area contributed by atoms with Crippen LogP contribution in [0.1, 0.15) is 10.5 Å². The minimum Gasteiger partial charge on any atom is -0.476 e. The molecule has 106 valence electrons. The number of anilines is 1. The third-order valence-corrected chi connectivity index (χ3v) is 2.69. The van der Waals surface area contributed by atoms with Gasteiger partial charge in [-0.15, -0.1) is 0 Å². The molecule has 1 aromatic carbocycles. The van der Waals surface area contributed by atoms with E-state index in [1.165, 1.54) is 10.7 Å². The highest BCUT2D eigenvalue weighted by Crippen LogP contribution is 2.13. The Morgan fingerprint density at radius 3 is 2.55 bits per heavy atom. The van der Waals surface area contributed by atoms with E-state index in [0.717, 1.165) is 11.4 Å². The van der Waals surface area contributed by atoms with Crippen LogP contribution in [0.15, 0.2) is 36.5 Å². The zero-order chi connectivity index (χ0) is 14.5. The van der Waals surface area contributed by atoms with Gasteiger partial charge in [0.05, 0.1) is 18.4 Å². The van der Waals surface area contributed by atoms with Crippen LogP contribution < -0.4 is 5.32 Å². The summed E-state index contributed by atoms with van der Waals surface area (Å²) in [5.74, 6) is -1.07. The van der Waals surface area contributed by atoms with Crippen molar-refractivity contribution in [2.75, 3.05) is 18.5 Å². The van der Waals surface area contributed by atoms with Gasteiger partial charge in [-0.25, -0.2) is 9.48 Å². The number of aliphatic hydroxyl groups excluding tert-OH is 2. The van der Waals surface area contributed by atoms with Gasteiger partial charge >= 0.3 is 5.97 Å². The predicted octanol–water partition coefficient (Wildman–Crippen LogP) is 0.336. The van der Waals surface area contributed by atoms with Crippen LogP contribution in [0.5, 0.6) is 0 Å². The summed E-state index contributed by atoms with van der Waals surface area (Å²) in [5.41, 5.74) is 1.50. The second-order valence-corrected chi connectivity index (χ2v) is 4.21. The van der Waals surface area contributed by atoms with Crippen molar-refractivity contribution in [1.82, 2.24) is 9.78 Å². The zero-order valence-electron chi connectivity index (χ0n) is 10.6. The maximum atomic E-state index is 10.7. The summed E-state index contributed by atoms with van der Waals surface area (Å²) in [7, 11) is 0. The largest absolute Gasteiger partial charge is 0.476 e. The number of nitrogens with zero attached hydrogens (tertiary/aromatic N) is 2. The summed E-state index contributed by atoms with van der Waals surface area (Å²) in [4.78, 5) is 10.7. The van der Waals surface area contributed by atoms with E-state index in [1.807, 2.05) is 0 Å². The van der Waals surface area contributed by atoms with Gasteiger partial charge in [-0.1, -0.05) is 0 Å². The maximum Gasteiger partial charge on any atom is 0.356 e. The molecule has 0 aliphatic rings. The molecule has 1 heterocycles. The SMILES string of the molecule is O=C(O)c1ccn(-c2ccc(NCC(O)CO)cc2)n1. The molecule has 2 rings (SSSR count). The van der Waals surface area contributed by atoms with Gasteiger partial charge in [0, 0.05) is 18.4 Å². The summed E-state index contributed by atoms with van der Waals surface area (Å²) in [6.45, 7) is -0.0445. The van der Waals surface area contributed by atoms with Crippen LogP contribution in [0.4, 0.5) is 5.69 Å². The van der Waals surface area contributed by atoms with Gasteiger partial charge < -0.3 is 20.6 Å². The molecule has 0 radical (unpaired) electrons. The lowest BCUT2D eigenvalue weighted by Gasteiger charge is -2.10. The summed E-state index contributed by atoms with van der Waals surface area (Å²) in [6, 6.07) is 8.52. The van der Waals surface area contributed by atoms with Crippen molar-refractivity contribution in [2.45, 2.75) is 6.10 Å². The Bertz CT molecular complexity index is 580. The molecule has 1 unspecified atom stereocenters. The molecule has 4 N–H and O–H groups in total. The highest BCUT2D eigenvalue weighted by molar-refractivity contribution is 5.85. The Kier molecular flexibility index (Phi) is 4.34. The Morgan fingerprint density at radius 2 is 2.00 bits per heavy atom. The molecule has 0 saturated carbocycles. The summed E-state index contributed by atoms with van der Waals surface area (Å²) < 4.78 is 1.47. The van der Waals surface area contributed by atoms with Gasteiger partial charge in [-0.3, -0.25) is 0 Å². The van der Waals surface area contributed by atoms with Crippen LogP contribution in [0.2, 0.25) is 0 Å². The standard InChI is InChI=1S/C13H15N3O4/c17-8-11(18)7-14-9-1-3-10(4-2-9)16-6-5-12(15-16)13(19)20/h1-6,11,14,17-18H,7-8H2,(H,19,20). The van der Waals surface area contributed by atoms with E-state index < -0.39 is 12.1 Å². The average Bonchev–Trinajstić information content (AvgIpc) is 2.95. The molecule has 1 aromatic heterocycles. The van der Waals surface area contributed by atoms with E-state index in [9.17, 15) is 9.90 Å². The van der Waals surface area contributed by atoms with E-state index >= 15 is 0 Å². The van der Waals surface area contributed by atoms with Crippen molar-refractivity contribution >= 4 is 11.7 Å². The number of nitrogens with one attached hydrogen (secondary N) is 1. The van der Waals surface area contributed by atoms with Gasteiger partial charge in [0.2, 0.25) is 0 Å². The van der Waals surface area contributed by atoms with Crippen LogP contribution >= 0.6 is 0 Å². The molecule has 7 nitrogen and oxygen atoms in total. The zero-order valence-corrected chi connectivity index (χ0v) is 10.6. The lowest BCUT2D eigenvalue weighted by molar-refractivity contribution is 0.0690. The predicted molar refractivity (Wildman–Crippen MR) is 72.1 cm³/mol. The van der Waals surface area contributed by atoms with Gasteiger partial charge in [0.25, 0.3) is 0 Å². The normalized spacial score (nSPS) is 12.1. The maximum absolute atomic E-state index is 10.7. The number of aromatic carboxylic acids is 1. The number of carboxylic acids is 1. The number of hydrogen-bond donors (Lipinski definition) is 4. The molecule has 0 bridgehead atoms. The van der Waals surface area contributed by atoms with Crippen LogP contribution in [0.25, 0.3) is 5.69 Å². The summed E-state index contributed by atoms with van der Waals surface area (Å²) >= 11 is 0. The van der Waals surface area contributed by atoms with Gasteiger partial charge in [0.1, 0.15) is 0 Å². The smallest absolute Gasteiger partial charge is 0.356 e. The highest BCUT2D eigenvalue weighted by atomic mass is 16.4. The van der Waals surface area contributed by atoms with Gasteiger partial charge in [0.15, 0.2) is 5.69 Å². The first-order valence-electron chi connectivity index (χ1n) is 6.02. The molecule has 0 amide bonds. The minimum absolute atomic E-state index is 0.0155. The van der Waals surface area contributed by atoms with Gasteiger partial charge in [-0.2, -0.15) is 5.10 Å². The molecule has 2 aromatic rings. The number of benzene rings is 1. The van der Waals surface area contributed by atoms with Crippen LogP contribution in [0.3, 0.4) is 0 Å². The lowest BCUT2D eigenvalue weighted by atomic mass is 10.2. The third-order valence-electron chi connectivity index (χ3n) is 2.69. The Hall–Kier alpha value is -2.38. The fourth-order valence-corrected chi connectivity index (χ4v) is 1.61. The number of aliphatic hydroxyl groups is 2. The van der Waals surface area contributed by atoms with Crippen molar-refractivity contribution < 1.29 is 20.1 Å². The van der Waals surface area contributed by atoms with E-state index in [0.29, 0.717) is 0 Å². The Morgan fingerprint density at radius 1 is 1.30 bits per heavy atom. The second kappa shape index (κ2) is 6.18. The topological polar surface area (TPSA) is 108 Å². The van der Waals surface area contributed by atoms with E-state index in [-0.39, 0.29) is 18.8 Å². The van der Waals surface area contributed by atoms with Crippen LogP contribution in [-0.4, -0.2) is 50.3 Å². The monoisotopic (exact) mass is 277 g/mol. The first kappa shape index (κ1) is 14.0. The fraction of sp³-hybridized carbons (Fsp3) is 0.231.